The van der Waals surface area contributed by atoms with E-state index in [1.165, 1.54) is 0 Å². The van der Waals surface area contributed by atoms with Crippen molar-refractivity contribution in [1.82, 2.24) is 14.7 Å². The van der Waals surface area contributed by atoms with Gasteiger partial charge in [0.05, 0.1) is 18.1 Å². The highest BCUT2D eigenvalue weighted by Crippen LogP contribution is 2.56. The Labute approximate surface area is 259 Å². The number of rotatable bonds is 5. The molecule has 0 radical (unpaired) electrons. The summed E-state index contributed by atoms with van der Waals surface area (Å²) in [4.78, 5) is 61.2. The van der Waals surface area contributed by atoms with Gasteiger partial charge in [0, 0.05) is 38.7 Å². The molecule has 0 unspecified atom stereocenters. The maximum atomic E-state index is 14.6. The number of hydrogen-bond donors (Lipinski definition) is 1. The molecule has 10 heteroatoms. The number of aliphatic hydroxyl groups is 1. The molecule has 2 saturated heterocycles. The smallest absolute Gasteiger partial charge is 0.313 e. The van der Waals surface area contributed by atoms with Gasteiger partial charge in [-0.05, 0) is 52.5 Å². The fourth-order valence-electron chi connectivity index (χ4n) is 7.10. The van der Waals surface area contributed by atoms with Crippen molar-refractivity contribution in [3.8, 4) is 0 Å². The van der Waals surface area contributed by atoms with E-state index in [1.54, 1.807) is 33.9 Å². The van der Waals surface area contributed by atoms with Crippen molar-refractivity contribution >= 4 is 23.7 Å². The molecular formula is C34H45N3O7. The first kappa shape index (κ1) is 31.9. The number of carbonyl (C=O) groups excluding carboxylic acids is 4. The molecule has 0 aromatic heterocycles. The van der Waals surface area contributed by atoms with Gasteiger partial charge in [-0.15, -0.1) is 0 Å². The molecule has 0 saturated carbocycles. The Morgan fingerprint density at radius 1 is 1.02 bits per heavy atom. The number of aliphatic hydroxyl groups excluding tert-OH is 1. The first-order chi connectivity index (χ1) is 20.9. The zero-order chi connectivity index (χ0) is 31.8. The number of ether oxygens (including phenoxy) is 2. The maximum Gasteiger partial charge on any atom is 0.313 e. The number of amides is 3. The topological polar surface area (TPSA) is 117 Å². The molecular weight excluding hydrogens is 562 g/mol. The van der Waals surface area contributed by atoms with Crippen molar-refractivity contribution in [1.29, 1.82) is 0 Å². The highest BCUT2D eigenvalue weighted by atomic mass is 16.6. The lowest BCUT2D eigenvalue weighted by molar-refractivity contribution is -0.164. The molecule has 4 aliphatic heterocycles. The Bertz CT molecular complexity index is 1320. The van der Waals surface area contributed by atoms with E-state index in [4.69, 9.17) is 9.47 Å². The number of unbranched alkanes of at least 4 members (excludes halogenated alkanes) is 1. The summed E-state index contributed by atoms with van der Waals surface area (Å²) in [5, 5.41) is 9.45. The SMILES string of the molecule is C[C@@H]1[C@@H](c2ccccc2)OC(=O)[C@@H]2[C@@H]3C=C[C@]4(O3)[C@H](C(=O)N(C(C)(C)C)C/C=C\CCC(=O)N1C)N(CCCCO)C(=O)[C@@H]24. The molecule has 5 bridgehead atoms. The first-order valence-corrected chi connectivity index (χ1v) is 15.7. The Kier molecular flexibility index (Phi) is 9.05. The molecule has 44 heavy (non-hydrogen) atoms. The predicted molar refractivity (Wildman–Crippen MR) is 163 cm³/mol. The van der Waals surface area contributed by atoms with Crippen LogP contribution in [0.15, 0.2) is 54.6 Å². The molecule has 7 atom stereocenters. The van der Waals surface area contributed by atoms with Gasteiger partial charge in [0.1, 0.15) is 23.7 Å². The van der Waals surface area contributed by atoms with Crippen LogP contribution >= 0.6 is 0 Å². The average Bonchev–Trinajstić information content (AvgIpc) is 3.63. The van der Waals surface area contributed by atoms with Gasteiger partial charge in [0.2, 0.25) is 17.7 Å². The molecule has 238 valence electrons. The van der Waals surface area contributed by atoms with Gasteiger partial charge in [0.25, 0.3) is 0 Å². The standard InChI is InChI=1S/C34H45N3O7/c1-22-28(23-14-8-6-9-15-23)43-32(42)26-24-17-18-34(44-24)27(26)30(40)36(19-12-13-21-38)29(34)31(41)37(33(2,3)4)20-11-7-10-16-25(39)35(22)5/h6-9,11,14-15,17-18,22,24,26-29,38H,10,12-13,16,19-21H2,1-5H3/b11-7-/t22-,24+,26-,27-,28+,29+,34-/m1/s1. The van der Waals surface area contributed by atoms with Gasteiger partial charge < -0.3 is 29.3 Å². The van der Waals surface area contributed by atoms with Gasteiger partial charge in [-0.2, -0.15) is 0 Å². The third kappa shape index (κ3) is 5.58. The van der Waals surface area contributed by atoms with Gasteiger partial charge in [-0.1, -0.05) is 54.6 Å². The number of esters is 1. The second kappa shape index (κ2) is 12.5. The van der Waals surface area contributed by atoms with E-state index in [-0.39, 0.29) is 43.8 Å². The van der Waals surface area contributed by atoms with Crippen LogP contribution in [0, 0.1) is 11.8 Å². The number of fused-ring (bicyclic) bond motifs is 2. The van der Waals surface area contributed by atoms with Gasteiger partial charge in [-0.25, -0.2) is 0 Å². The van der Waals surface area contributed by atoms with Gasteiger partial charge in [-0.3, -0.25) is 19.2 Å². The number of likely N-dealkylation sites (N-methyl/N-ethyl adjacent to an activating group) is 1. The summed E-state index contributed by atoms with van der Waals surface area (Å²) in [5.74, 6) is -3.17. The van der Waals surface area contributed by atoms with Crippen LogP contribution in [0.1, 0.15) is 65.0 Å². The summed E-state index contributed by atoms with van der Waals surface area (Å²) in [6.45, 7) is 8.18. The summed E-state index contributed by atoms with van der Waals surface area (Å²) in [7, 11) is 1.71. The van der Waals surface area contributed by atoms with Gasteiger partial charge >= 0.3 is 5.97 Å². The van der Waals surface area contributed by atoms with E-state index in [1.807, 2.05) is 70.2 Å². The Hall–Kier alpha value is -3.50. The van der Waals surface area contributed by atoms with Crippen LogP contribution < -0.4 is 0 Å². The van der Waals surface area contributed by atoms with E-state index in [2.05, 4.69) is 0 Å². The van der Waals surface area contributed by atoms with Crippen LogP contribution in [0.5, 0.6) is 0 Å². The average molecular weight is 608 g/mol. The number of likely N-dealkylation sites (tertiary alicyclic amines) is 1. The predicted octanol–water partition coefficient (Wildman–Crippen LogP) is 3.02. The third-order valence-corrected chi connectivity index (χ3v) is 9.56. The van der Waals surface area contributed by atoms with Crippen molar-refractivity contribution in [3.05, 3.63) is 60.2 Å². The highest BCUT2D eigenvalue weighted by molar-refractivity contribution is 5.99. The Morgan fingerprint density at radius 2 is 1.75 bits per heavy atom. The fourth-order valence-corrected chi connectivity index (χ4v) is 7.10. The molecule has 1 aromatic carbocycles. The summed E-state index contributed by atoms with van der Waals surface area (Å²) in [6.07, 6.45) is 7.59. The lowest BCUT2D eigenvalue weighted by Crippen LogP contribution is -2.59. The van der Waals surface area contributed by atoms with Gasteiger partial charge in [0.15, 0.2) is 0 Å². The van der Waals surface area contributed by atoms with E-state index in [9.17, 15) is 24.3 Å². The minimum Gasteiger partial charge on any atom is -0.455 e. The van der Waals surface area contributed by atoms with Crippen LogP contribution in [-0.4, -0.2) is 99.6 Å². The van der Waals surface area contributed by atoms with Crippen LogP contribution in [-0.2, 0) is 28.7 Å². The zero-order valence-corrected chi connectivity index (χ0v) is 26.3. The second-order valence-corrected chi connectivity index (χ2v) is 13.3. The quantitative estimate of drug-likeness (QED) is 0.311. The number of allylic oxidation sites excluding steroid dienone is 1. The lowest BCUT2D eigenvalue weighted by atomic mass is 9.74. The van der Waals surface area contributed by atoms with Crippen LogP contribution in [0.3, 0.4) is 0 Å². The summed E-state index contributed by atoms with van der Waals surface area (Å²) >= 11 is 0. The highest BCUT2D eigenvalue weighted by Gasteiger charge is 2.73. The molecule has 1 spiro atoms. The van der Waals surface area contributed by atoms with Crippen molar-refractivity contribution < 1.29 is 33.8 Å². The lowest BCUT2D eigenvalue weighted by Gasteiger charge is -2.41. The van der Waals surface area contributed by atoms with Crippen molar-refractivity contribution in [2.24, 2.45) is 11.8 Å². The number of benzene rings is 1. The zero-order valence-electron chi connectivity index (χ0n) is 26.3. The molecule has 0 aliphatic carbocycles. The molecule has 10 nitrogen and oxygen atoms in total. The van der Waals surface area contributed by atoms with Crippen LogP contribution in [0.4, 0.5) is 0 Å². The fraction of sp³-hybridized carbons (Fsp3) is 0.588. The van der Waals surface area contributed by atoms with Crippen molar-refractivity contribution in [2.75, 3.05) is 26.7 Å². The van der Waals surface area contributed by atoms with E-state index in [0.717, 1.165) is 5.56 Å². The van der Waals surface area contributed by atoms with E-state index >= 15 is 0 Å². The molecule has 3 amide bonds. The second-order valence-electron chi connectivity index (χ2n) is 13.3. The Morgan fingerprint density at radius 3 is 2.43 bits per heavy atom. The number of carbonyl (C=O) groups is 4. The molecule has 2 fully saturated rings. The summed E-state index contributed by atoms with van der Waals surface area (Å²) in [6, 6.07) is 7.83. The molecule has 1 N–H and O–H groups in total. The van der Waals surface area contributed by atoms with Crippen LogP contribution in [0.25, 0.3) is 0 Å². The minimum atomic E-state index is -1.32. The molecule has 4 aliphatic rings. The largest absolute Gasteiger partial charge is 0.455 e. The summed E-state index contributed by atoms with van der Waals surface area (Å²) in [5.41, 5.74) is -1.17. The minimum absolute atomic E-state index is 0.0302. The first-order valence-electron chi connectivity index (χ1n) is 15.7. The monoisotopic (exact) mass is 607 g/mol. The third-order valence-electron chi connectivity index (χ3n) is 9.56. The van der Waals surface area contributed by atoms with E-state index in [0.29, 0.717) is 19.3 Å². The maximum absolute atomic E-state index is 14.6. The molecule has 1 aromatic rings. The molecule has 4 heterocycles. The van der Waals surface area contributed by atoms with Crippen molar-refractivity contribution in [3.63, 3.8) is 0 Å². The summed E-state index contributed by atoms with van der Waals surface area (Å²) < 4.78 is 12.8. The number of hydrogen-bond acceptors (Lipinski definition) is 7. The van der Waals surface area contributed by atoms with E-state index < -0.39 is 53.2 Å². The number of nitrogens with zero attached hydrogens (tertiary/aromatic N) is 3. The normalized spacial score (nSPS) is 33.6. The number of cyclic esters (lactones) is 1. The Balaban J connectivity index is 1.60. The van der Waals surface area contributed by atoms with Crippen LogP contribution in [0.2, 0.25) is 0 Å². The molecule has 5 rings (SSSR count). The van der Waals surface area contributed by atoms with Crippen molar-refractivity contribution in [2.45, 2.75) is 88.8 Å².